The predicted octanol–water partition coefficient (Wildman–Crippen LogP) is 1.89. The first-order valence-corrected chi connectivity index (χ1v) is 4.98. The number of hydrogen-bond donors (Lipinski definition) is 1. The molecule has 0 saturated carbocycles. The van der Waals surface area contributed by atoms with Crippen molar-refractivity contribution < 1.29 is 9.15 Å². The standard InChI is InChI=1S/C11H13N3O2/c1-8-10(4-3-5-13-8)16-11-14-9(6-12-2)7-15-11/h3-5,7,12H,6H2,1-2H3. The van der Waals surface area contributed by atoms with E-state index in [9.17, 15) is 0 Å². The highest BCUT2D eigenvalue weighted by Crippen LogP contribution is 2.22. The topological polar surface area (TPSA) is 60.2 Å². The van der Waals surface area contributed by atoms with E-state index in [-0.39, 0.29) is 6.08 Å². The van der Waals surface area contributed by atoms with Gasteiger partial charge in [-0.25, -0.2) is 0 Å². The van der Waals surface area contributed by atoms with Gasteiger partial charge in [0.05, 0.1) is 11.4 Å². The molecule has 16 heavy (non-hydrogen) atoms. The van der Waals surface area contributed by atoms with Crippen LogP contribution in [0.2, 0.25) is 0 Å². The molecule has 0 unspecified atom stereocenters. The lowest BCUT2D eigenvalue weighted by atomic mass is 10.3. The Hall–Kier alpha value is -1.88. The molecule has 1 N–H and O–H groups in total. The molecule has 84 valence electrons. The first kappa shape index (κ1) is 10.6. The Bertz CT molecular complexity index is 468. The van der Waals surface area contributed by atoms with Crippen LogP contribution in [0.3, 0.4) is 0 Å². The van der Waals surface area contributed by atoms with E-state index in [2.05, 4.69) is 15.3 Å². The van der Waals surface area contributed by atoms with Gasteiger partial charge >= 0.3 is 6.08 Å². The van der Waals surface area contributed by atoms with Crippen LogP contribution in [0, 0.1) is 6.92 Å². The summed E-state index contributed by atoms with van der Waals surface area (Å²) in [5.41, 5.74) is 1.61. The maximum atomic E-state index is 5.47. The summed E-state index contributed by atoms with van der Waals surface area (Å²) < 4.78 is 10.6. The van der Waals surface area contributed by atoms with Gasteiger partial charge in [-0.2, -0.15) is 4.98 Å². The van der Waals surface area contributed by atoms with Crippen molar-refractivity contribution in [3.05, 3.63) is 36.0 Å². The van der Waals surface area contributed by atoms with Gasteiger partial charge in [0.2, 0.25) is 0 Å². The van der Waals surface area contributed by atoms with Crippen LogP contribution in [0.25, 0.3) is 0 Å². The Labute approximate surface area is 93.5 Å². The van der Waals surface area contributed by atoms with Crippen molar-refractivity contribution in [3.63, 3.8) is 0 Å². The lowest BCUT2D eigenvalue weighted by Gasteiger charge is -2.02. The first-order chi connectivity index (χ1) is 7.79. The number of aromatic nitrogens is 2. The molecular formula is C11H13N3O2. The third-order valence-corrected chi connectivity index (χ3v) is 2.04. The van der Waals surface area contributed by atoms with Crippen molar-refractivity contribution in [2.45, 2.75) is 13.5 Å². The largest absolute Gasteiger partial charge is 0.417 e. The minimum absolute atomic E-state index is 0.237. The zero-order chi connectivity index (χ0) is 11.4. The fraction of sp³-hybridized carbons (Fsp3) is 0.273. The molecule has 2 rings (SSSR count). The van der Waals surface area contributed by atoms with Crippen molar-refractivity contribution in [2.24, 2.45) is 0 Å². The normalized spacial score (nSPS) is 10.4. The van der Waals surface area contributed by atoms with Crippen molar-refractivity contribution in [1.82, 2.24) is 15.3 Å². The number of nitrogens with one attached hydrogen (secondary N) is 1. The monoisotopic (exact) mass is 219 g/mol. The van der Waals surface area contributed by atoms with E-state index < -0.39 is 0 Å². The summed E-state index contributed by atoms with van der Waals surface area (Å²) in [5, 5.41) is 2.98. The summed E-state index contributed by atoms with van der Waals surface area (Å²) in [6.45, 7) is 2.52. The van der Waals surface area contributed by atoms with Crippen molar-refractivity contribution in [3.8, 4) is 11.8 Å². The summed E-state index contributed by atoms with van der Waals surface area (Å²) in [6.07, 6.45) is 3.52. The molecule has 0 atom stereocenters. The molecular weight excluding hydrogens is 206 g/mol. The van der Waals surface area contributed by atoms with E-state index in [0.717, 1.165) is 11.4 Å². The van der Waals surface area contributed by atoms with Gasteiger partial charge in [-0.15, -0.1) is 0 Å². The van der Waals surface area contributed by atoms with Gasteiger partial charge in [0.15, 0.2) is 5.75 Å². The smallest absolute Gasteiger partial charge is 0.399 e. The molecule has 5 heteroatoms. The molecule has 0 bridgehead atoms. The average molecular weight is 219 g/mol. The molecule has 0 amide bonds. The molecule has 0 aliphatic carbocycles. The molecule has 0 aliphatic rings. The van der Waals surface area contributed by atoms with Gasteiger partial charge in [-0.05, 0) is 26.1 Å². The van der Waals surface area contributed by atoms with Crippen molar-refractivity contribution >= 4 is 0 Å². The van der Waals surface area contributed by atoms with Crippen molar-refractivity contribution in [1.29, 1.82) is 0 Å². The molecule has 0 aromatic carbocycles. The fourth-order valence-corrected chi connectivity index (χ4v) is 1.27. The van der Waals surface area contributed by atoms with Crippen molar-refractivity contribution in [2.75, 3.05) is 7.05 Å². The van der Waals surface area contributed by atoms with Crippen LogP contribution in [-0.4, -0.2) is 17.0 Å². The molecule has 0 aliphatic heterocycles. The zero-order valence-corrected chi connectivity index (χ0v) is 9.23. The summed E-state index contributed by atoms with van der Waals surface area (Å²) in [7, 11) is 1.85. The molecule has 0 saturated heterocycles. The molecule has 2 heterocycles. The maximum Gasteiger partial charge on any atom is 0.399 e. The van der Waals surface area contributed by atoms with Gasteiger partial charge in [0, 0.05) is 12.7 Å². The van der Waals surface area contributed by atoms with Gasteiger partial charge in [-0.3, -0.25) is 4.98 Å². The number of pyridine rings is 1. The average Bonchev–Trinajstić information content (AvgIpc) is 2.70. The number of oxazole rings is 1. The number of rotatable bonds is 4. The quantitative estimate of drug-likeness (QED) is 0.850. The molecule has 0 radical (unpaired) electrons. The van der Waals surface area contributed by atoms with Crippen LogP contribution < -0.4 is 10.1 Å². The van der Waals surface area contributed by atoms with E-state index in [0.29, 0.717) is 12.3 Å². The highest BCUT2D eigenvalue weighted by molar-refractivity contribution is 5.27. The van der Waals surface area contributed by atoms with Crippen LogP contribution in [0.4, 0.5) is 0 Å². The summed E-state index contributed by atoms with van der Waals surface area (Å²) in [6, 6.07) is 3.63. The summed E-state index contributed by atoms with van der Waals surface area (Å²) in [5.74, 6) is 0.653. The van der Waals surface area contributed by atoms with Crippen LogP contribution in [0.15, 0.2) is 29.0 Å². The number of aryl methyl sites for hydroxylation is 1. The number of nitrogens with zero attached hydrogens (tertiary/aromatic N) is 2. The van der Waals surface area contributed by atoms with Gasteiger partial charge in [0.25, 0.3) is 0 Å². The Kier molecular flexibility index (Phi) is 3.16. The Morgan fingerprint density at radius 2 is 2.38 bits per heavy atom. The molecule has 2 aromatic rings. The second-order valence-electron chi connectivity index (χ2n) is 3.32. The minimum Gasteiger partial charge on any atom is -0.417 e. The van der Waals surface area contributed by atoms with E-state index in [4.69, 9.17) is 9.15 Å². The molecule has 0 spiro atoms. The molecule has 5 nitrogen and oxygen atoms in total. The third kappa shape index (κ3) is 2.38. The summed E-state index contributed by atoms with van der Waals surface area (Å²) >= 11 is 0. The second kappa shape index (κ2) is 4.76. The lowest BCUT2D eigenvalue weighted by Crippen LogP contribution is -2.04. The summed E-state index contributed by atoms with van der Waals surface area (Å²) in [4.78, 5) is 8.27. The van der Waals surface area contributed by atoms with Gasteiger partial charge in [0.1, 0.15) is 6.26 Å². The van der Waals surface area contributed by atoms with Crippen LogP contribution in [0.1, 0.15) is 11.4 Å². The van der Waals surface area contributed by atoms with E-state index in [1.807, 2.05) is 20.0 Å². The molecule has 2 aromatic heterocycles. The SMILES string of the molecule is CNCc1coc(Oc2cccnc2C)n1. The first-order valence-electron chi connectivity index (χ1n) is 4.98. The minimum atomic E-state index is 0.237. The molecule has 0 fully saturated rings. The van der Waals surface area contributed by atoms with E-state index >= 15 is 0 Å². The Morgan fingerprint density at radius 1 is 1.50 bits per heavy atom. The third-order valence-electron chi connectivity index (χ3n) is 2.04. The predicted molar refractivity (Wildman–Crippen MR) is 58.3 cm³/mol. The van der Waals surface area contributed by atoms with Gasteiger partial charge < -0.3 is 14.5 Å². The second-order valence-corrected chi connectivity index (χ2v) is 3.32. The highest BCUT2D eigenvalue weighted by Gasteiger charge is 2.07. The zero-order valence-electron chi connectivity index (χ0n) is 9.23. The number of hydrogen-bond acceptors (Lipinski definition) is 5. The lowest BCUT2D eigenvalue weighted by molar-refractivity contribution is 0.328. The van der Waals surface area contributed by atoms with Crippen LogP contribution in [0.5, 0.6) is 11.8 Å². The Balaban J connectivity index is 2.11. The van der Waals surface area contributed by atoms with E-state index in [1.165, 1.54) is 0 Å². The van der Waals surface area contributed by atoms with E-state index in [1.54, 1.807) is 18.5 Å². The maximum absolute atomic E-state index is 5.47. The highest BCUT2D eigenvalue weighted by atomic mass is 16.6. The van der Waals surface area contributed by atoms with Crippen LogP contribution >= 0.6 is 0 Å². The number of ether oxygens (including phenoxy) is 1. The van der Waals surface area contributed by atoms with Gasteiger partial charge in [-0.1, -0.05) is 0 Å². The van der Waals surface area contributed by atoms with Crippen LogP contribution in [-0.2, 0) is 6.54 Å². The Morgan fingerprint density at radius 3 is 3.12 bits per heavy atom. The fourth-order valence-electron chi connectivity index (χ4n) is 1.27.